The molecule has 1 aromatic heterocycles. The number of rotatable bonds is 8. The van der Waals surface area contributed by atoms with E-state index in [2.05, 4.69) is 31.0 Å². The van der Waals surface area contributed by atoms with E-state index in [1.807, 2.05) is 6.92 Å². The molecule has 1 saturated carbocycles. The van der Waals surface area contributed by atoms with Crippen molar-refractivity contribution in [3.05, 3.63) is 16.7 Å². The van der Waals surface area contributed by atoms with E-state index >= 15 is 0 Å². The SMILES string of the molecule is CCNCCOc1ncc(Br)cc1NS(=O)(=O)C1(C)CC1. The number of hydrogen-bond donors (Lipinski definition) is 2. The fourth-order valence-electron chi connectivity index (χ4n) is 1.72. The van der Waals surface area contributed by atoms with Crippen molar-refractivity contribution in [3.8, 4) is 5.88 Å². The lowest BCUT2D eigenvalue weighted by atomic mass is 10.4. The van der Waals surface area contributed by atoms with Crippen LogP contribution in [0.25, 0.3) is 0 Å². The van der Waals surface area contributed by atoms with Crippen LogP contribution in [0.3, 0.4) is 0 Å². The van der Waals surface area contributed by atoms with E-state index in [-0.39, 0.29) is 0 Å². The molecule has 6 nitrogen and oxygen atoms in total. The molecule has 21 heavy (non-hydrogen) atoms. The molecule has 118 valence electrons. The highest BCUT2D eigenvalue weighted by Gasteiger charge is 2.50. The molecule has 0 aliphatic heterocycles. The molecule has 0 unspecified atom stereocenters. The molecule has 8 heteroatoms. The van der Waals surface area contributed by atoms with Crippen molar-refractivity contribution in [3.63, 3.8) is 0 Å². The topological polar surface area (TPSA) is 80.3 Å². The fourth-order valence-corrected chi connectivity index (χ4v) is 3.38. The molecule has 0 amide bonds. The number of ether oxygens (including phenoxy) is 1. The number of hydrogen-bond acceptors (Lipinski definition) is 5. The molecular formula is C13H20BrN3O3S. The molecular weight excluding hydrogens is 358 g/mol. The molecule has 1 aliphatic rings. The Morgan fingerprint density at radius 1 is 1.48 bits per heavy atom. The van der Waals surface area contributed by atoms with Crippen LogP contribution in [-0.2, 0) is 10.0 Å². The Labute approximate surface area is 133 Å². The summed E-state index contributed by atoms with van der Waals surface area (Å²) in [5, 5.41) is 3.13. The Hall–Kier alpha value is -0.860. The summed E-state index contributed by atoms with van der Waals surface area (Å²) in [6.45, 7) is 5.71. The van der Waals surface area contributed by atoms with Gasteiger partial charge in [0, 0.05) is 17.2 Å². The average Bonchev–Trinajstić information content (AvgIpc) is 3.16. The Kier molecular flexibility index (Phi) is 5.11. The van der Waals surface area contributed by atoms with Crippen LogP contribution in [0.1, 0.15) is 26.7 Å². The number of halogens is 1. The molecule has 0 radical (unpaired) electrons. The van der Waals surface area contributed by atoms with Gasteiger partial charge in [0.25, 0.3) is 0 Å². The summed E-state index contributed by atoms with van der Waals surface area (Å²) in [4.78, 5) is 4.14. The second kappa shape index (κ2) is 6.50. The van der Waals surface area contributed by atoms with Crippen molar-refractivity contribution < 1.29 is 13.2 Å². The molecule has 0 spiro atoms. The van der Waals surface area contributed by atoms with Crippen LogP contribution in [0.5, 0.6) is 5.88 Å². The fraction of sp³-hybridized carbons (Fsp3) is 0.615. The van der Waals surface area contributed by atoms with Crippen LogP contribution in [0.4, 0.5) is 5.69 Å². The maximum absolute atomic E-state index is 12.3. The smallest absolute Gasteiger partial charge is 0.238 e. The van der Waals surface area contributed by atoms with Crippen LogP contribution in [-0.4, -0.2) is 37.8 Å². The zero-order valence-corrected chi connectivity index (χ0v) is 14.6. The zero-order valence-electron chi connectivity index (χ0n) is 12.1. The number of aromatic nitrogens is 1. The van der Waals surface area contributed by atoms with Gasteiger partial charge in [0.15, 0.2) is 0 Å². The molecule has 0 saturated heterocycles. The van der Waals surface area contributed by atoms with Gasteiger partial charge in [0.2, 0.25) is 15.9 Å². The average molecular weight is 378 g/mol. The maximum atomic E-state index is 12.3. The van der Waals surface area contributed by atoms with E-state index in [0.717, 1.165) is 6.54 Å². The molecule has 2 rings (SSSR count). The quantitative estimate of drug-likeness (QED) is 0.678. The molecule has 1 aromatic rings. The van der Waals surface area contributed by atoms with Crippen molar-refractivity contribution >= 4 is 31.6 Å². The van der Waals surface area contributed by atoms with Gasteiger partial charge >= 0.3 is 0 Å². The lowest BCUT2D eigenvalue weighted by molar-refractivity contribution is 0.305. The van der Waals surface area contributed by atoms with Gasteiger partial charge in [-0.2, -0.15) is 0 Å². The van der Waals surface area contributed by atoms with Gasteiger partial charge in [0.05, 0.1) is 4.75 Å². The third-order valence-corrected chi connectivity index (χ3v) is 6.06. The van der Waals surface area contributed by atoms with Gasteiger partial charge < -0.3 is 10.1 Å². The molecule has 1 fully saturated rings. The number of pyridine rings is 1. The highest BCUT2D eigenvalue weighted by atomic mass is 79.9. The van der Waals surface area contributed by atoms with Crippen LogP contribution in [0.2, 0.25) is 0 Å². The summed E-state index contributed by atoms with van der Waals surface area (Å²) < 4.78 is 32.8. The van der Waals surface area contributed by atoms with E-state index < -0.39 is 14.8 Å². The second-order valence-corrected chi connectivity index (χ2v) is 8.38. The predicted octanol–water partition coefficient (Wildman–Crippen LogP) is 2.13. The number of nitrogens with zero attached hydrogens (tertiary/aromatic N) is 1. The third kappa shape index (κ3) is 4.08. The highest BCUT2D eigenvalue weighted by molar-refractivity contribution is 9.10. The Morgan fingerprint density at radius 3 is 2.81 bits per heavy atom. The standard InChI is InChI=1S/C13H20BrN3O3S/c1-3-15-6-7-20-12-11(8-10(14)9-16-12)17-21(18,19)13(2)4-5-13/h8-9,15,17H,3-7H2,1-2H3. The summed E-state index contributed by atoms with van der Waals surface area (Å²) in [6.07, 6.45) is 2.94. The summed E-state index contributed by atoms with van der Waals surface area (Å²) in [5.41, 5.74) is 0.369. The molecule has 0 bridgehead atoms. The van der Waals surface area contributed by atoms with E-state index in [1.165, 1.54) is 0 Å². The monoisotopic (exact) mass is 377 g/mol. The van der Waals surface area contributed by atoms with E-state index in [0.29, 0.717) is 42.0 Å². The first-order valence-corrected chi connectivity index (χ1v) is 9.17. The van der Waals surface area contributed by atoms with E-state index in [9.17, 15) is 8.42 Å². The van der Waals surface area contributed by atoms with Gasteiger partial charge in [-0.15, -0.1) is 0 Å². The van der Waals surface area contributed by atoms with Crippen molar-refractivity contribution in [2.45, 2.75) is 31.4 Å². The first-order valence-electron chi connectivity index (χ1n) is 6.89. The molecule has 2 N–H and O–H groups in total. The van der Waals surface area contributed by atoms with Crippen molar-refractivity contribution in [2.75, 3.05) is 24.4 Å². The van der Waals surface area contributed by atoms with Gasteiger partial charge in [-0.25, -0.2) is 13.4 Å². The minimum atomic E-state index is -3.42. The molecule has 1 heterocycles. The first kappa shape index (κ1) is 16.5. The minimum Gasteiger partial charge on any atom is -0.475 e. The van der Waals surface area contributed by atoms with Gasteiger partial charge in [-0.3, -0.25) is 4.72 Å². The highest BCUT2D eigenvalue weighted by Crippen LogP contribution is 2.44. The van der Waals surface area contributed by atoms with Crippen LogP contribution in [0.15, 0.2) is 16.7 Å². The van der Waals surface area contributed by atoms with Crippen LogP contribution < -0.4 is 14.8 Å². The molecule has 0 atom stereocenters. The number of anilines is 1. The van der Waals surface area contributed by atoms with E-state index in [1.54, 1.807) is 19.2 Å². The van der Waals surface area contributed by atoms with Crippen molar-refractivity contribution in [2.24, 2.45) is 0 Å². The molecule has 1 aliphatic carbocycles. The third-order valence-electron chi connectivity index (χ3n) is 3.43. The van der Waals surface area contributed by atoms with Crippen LogP contribution >= 0.6 is 15.9 Å². The first-order chi connectivity index (χ1) is 9.88. The summed E-state index contributed by atoms with van der Waals surface area (Å²) in [5.74, 6) is 0.295. The second-order valence-electron chi connectivity index (χ2n) is 5.26. The maximum Gasteiger partial charge on any atom is 0.238 e. The van der Waals surface area contributed by atoms with Gasteiger partial charge in [-0.1, -0.05) is 6.92 Å². The number of sulfonamides is 1. The largest absolute Gasteiger partial charge is 0.475 e. The summed E-state index contributed by atoms with van der Waals surface area (Å²) in [7, 11) is -3.42. The summed E-state index contributed by atoms with van der Waals surface area (Å²) >= 11 is 3.30. The Morgan fingerprint density at radius 2 is 2.19 bits per heavy atom. The number of nitrogens with one attached hydrogen (secondary N) is 2. The zero-order chi connectivity index (χ0) is 15.5. The normalized spacial score (nSPS) is 16.5. The lowest BCUT2D eigenvalue weighted by Gasteiger charge is -2.16. The van der Waals surface area contributed by atoms with Gasteiger partial charge in [0.1, 0.15) is 12.3 Å². The van der Waals surface area contributed by atoms with Gasteiger partial charge in [-0.05, 0) is 48.3 Å². The summed E-state index contributed by atoms with van der Waals surface area (Å²) in [6, 6.07) is 1.67. The Balaban J connectivity index is 2.12. The van der Waals surface area contributed by atoms with Crippen molar-refractivity contribution in [1.29, 1.82) is 0 Å². The molecule has 0 aromatic carbocycles. The van der Waals surface area contributed by atoms with Crippen LogP contribution in [0, 0.1) is 0 Å². The van der Waals surface area contributed by atoms with E-state index in [4.69, 9.17) is 4.74 Å². The minimum absolute atomic E-state index is 0.295. The lowest BCUT2D eigenvalue weighted by Crippen LogP contribution is -2.27. The Bertz CT molecular complexity index is 603. The number of likely N-dealkylation sites (N-methyl/N-ethyl adjacent to an activating group) is 1. The predicted molar refractivity (Wildman–Crippen MR) is 86.2 cm³/mol. The van der Waals surface area contributed by atoms with Crippen molar-refractivity contribution in [1.82, 2.24) is 10.3 Å².